The zero-order valence-corrected chi connectivity index (χ0v) is 11.0. The van der Waals surface area contributed by atoms with Gasteiger partial charge in [-0.1, -0.05) is 0 Å². The van der Waals surface area contributed by atoms with Crippen molar-refractivity contribution in [1.82, 2.24) is 4.90 Å². The molecule has 0 aromatic heterocycles. The third-order valence-electron chi connectivity index (χ3n) is 2.66. The number of benzene rings is 1. The van der Waals surface area contributed by atoms with E-state index in [-0.39, 0.29) is 12.5 Å². The normalized spacial score (nSPS) is 10.0. The van der Waals surface area contributed by atoms with Gasteiger partial charge >= 0.3 is 0 Å². The number of nitrogens with zero attached hydrogens (tertiary/aromatic N) is 1. The molecule has 5 heteroatoms. The summed E-state index contributed by atoms with van der Waals surface area (Å²) in [6.07, 6.45) is 0. The number of rotatable bonds is 6. The van der Waals surface area contributed by atoms with E-state index in [0.717, 1.165) is 5.56 Å². The van der Waals surface area contributed by atoms with Gasteiger partial charge in [0, 0.05) is 25.6 Å². The van der Waals surface area contributed by atoms with Crippen molar-refractivity contribution in [3.05, 3.63) is 23.8 Å². The van der Waals surface area contributed by atoms with Crippen molar-refractivity contribution in [2.24, 2.45) is 0 Å². The monoisotopic (exact) mass is 253 g/mol. The van der Waals surface area contributed by atoms with Gasteiger partial charge in [0.05, 0.1) is 20.8 Å². The zero-order valence-electron chi connectivity index (χ0n) is 11.0. The van der Waals surface area contributed by atoms with Crippen LogP contribution in [0.3, 0.4) is 0 Å². The summed E-state index contributed by atoms with van der Waals surface area (Å²) in [5.41, 5.74) is 0.848. The highest BCUT2D eigenvalue weighted by atomic mass is 16.5. The lowest BCUT2D eigenvalue weighted by Crippen LogP contribution is -2.31. The van der Waals surface area contributed by atoms with E-state index >= 15 is 0 Å². The largest absolute Gasteiger partial charge is 0.497 e. The number of aliphatic hydroxyl groups excluding tert-OH is 1. The Bertz CT molecular complexity index is 406. The fraction of sp³-hybridized carbons (Fsp3) is 0.462. The van der Waals surface area contributed by atoms with Crippen LogP contribution in [0.1, 0.15) is 12.5 Å². The summed E-state index contributed by atoms with van der Waals surface area (Å²) in [6, 6.07) is 5.42. The van der Waals surface area contributed by atoms with Crippen LogP contribution in [-0.2, 0) is 11.3 Å². The number of amides is 1. The molecule has 5 nitrogen and oxygen atoms in total. The predicted molar refractivity (Wildman–Crippen MR) is 67.7 cm³/mol. The molecule has 1 aromatic carbocycles. The molecule has 0 bridgehead atoms. The summed E-state index contributed by atoms with van der Waals surface area (Å²) >= 11 is 0. The molecular formula is C13H19NO4. The Balaban J connectivity index is 2.95. The molecule has 1 amide bonds. The van der Waals surface area contributed by atoms with Crippen LogP contribution in [0.5, 0.6) is 11.5 Å². The number of hydrogen-bond acceptors (Lipinski definition) is 4. The minimum absolute atomic E-state index is 0.0636. The lowest BCUT2D eigenvalue weighted by Gasteiger charge is -2.21. The first kappa shape index (κ1) is 14.3. The first-order valence-electron chi connectivity index (χ1n) is 5.69. The summed E-state index contributed by atoms with van der Waals surface area (Å²) < 4.78 is 10.4. The summed E-state index contributed by atoms with van der Waals surface area (Å²) in [4.78, 5) is 13.0. The standard InChI is InChI=1S/C13H19NO4/c1-10(16)14(6-7-15)9-11-8-12(17-2)4-5-13(11)18-3/h4-5,8,15H,6-7,9H2,1-3H3. The van der Waals surface area contributed by atoms with Gasteiger partial charge in [0.25, 0.3) is 0 Å². The molecule has 0 atom stereocenters. The van der Waals surface area contributed by atoms with Crippen molar-refractivity contribution < 1.29 is 19.4 Å². The van der Waals surface area contributed by atoms with Crippen LogP contribution in [0.15, 0.2) is 18.2 Å². The molecule has 0 saturated heterocycles. The maximum atomic E-state index is 11.4. The molecule has 0 unspecified atom stereocenters. The number of hydrogen-bond donors (Lipinski definition) is 1. The Kier molecular flexibility index (Phi) is 5.45. The first-order valence-corrected chi connectivity index (χ1v) is 5.69. The molecule has 0 spiro atoms. The van der Waals surface area contributed by atoms with Crippen molar-refractivity contribution in [2.75, 3.05) is 27.4 Å². The number of carbonyl (C=O) groups is 1. The molecule has 0 heterocycles. The zero-order chi connectivity index (χ0) is 13.5. The van der Waals surface area contributed by atoms with Gasteiger partial charge < -0.3 is 19.5 Å². The number of carbonyl (C=O) groups excluding carboxylic acids is 1. The van der Waals surface area contributed by atoms with Gasteiger partial charge in [0.1, 0.15) is 11.5 Å². The Morgan fingerprint density at radius 3 is 2.56 bits per heavy atom. The molecule has 0 aliphatic heterocycles. The van der Waals surface area contributed by atoms with E-state index in [0.29, 0.717) is 24.6 Å². The Hall–Kier alpha value is -1.75. The highest BCUT2D eigenvalue weighted by Gasteiger charge is 2.12. The fourth-order valence-electron chi connectivity index (χ4n) is 1.68. The van der Waals surface area contributed by atoms with Crippen LogP contribution in [0.4, 0.5) is 0 Å². The summed E-state index contributed by atoms with van der Waals surface area (Å²) in [7, 11) is 3.16. The molecule has 0 aliphatic carbocycles. The molecule has 0 fully saturated rings. The number of ether oxygens (including phenoxy) is 2. The molecule has 1 N–H and O–H groups in total. The van der Waals surface area contributed by atoms with E-state index in [1.54, 1.807) is 31.3 Å². The van der Waals surface area contributed by atoms with E-state index in [1.807, 2.05) is 6.07 Å². The van der Waals surface area contributed by atoms with Gasteiger partial charge in [0.2, 0.25) is 5.91 Å². The van der Waals surface area contributed by atoms with Crippen LogP contribution in [0.25, 0.3) is 0 Å². The Morgan fingerprint density at radius 2 is 2.06 bits per heavy atom. The lowest BCUT2D eigenvalue weighted by atomic mass is 10.1. The minimum atomic E-state index is -0.0890. The highest BCUT2D eigenvalue weighted by Crippen LogP contribution is 2.25. The first-order chi connectivity index (χ1) is 8.62. The van der Waals surface area contributed by atoms with E-state index in [4.69, 9.17) is 14.6 Å². The molecule has 1 aromatic rings. The van der Waals surface area contributed by atoms with Gasteiger partial charge in [-0.15, -0.1) is 0 Å². The third-order valence-corrected chi connectivity index (χ3v) is 2.66. The van der Waals surface area contributed by atoms with Gasteiger partial charge in [-0.25, -0.2) is 0 Å². The van der Waals surface area contributed by atoms with Gasteiger partial charge in [-0.2, -0.15) is 0 Å². The van der Waals surface area contributed by atoms with Crippen molar-refractivity contribution in [2.45, 2.75) is 13.5 Å². The van der Waals surface area contributed by atoms with Crippen LogP contribution in [0.2, 0.25) is 0 Å². The van der Waals surface area contributed by atoms with E-state index in [2.05, 4.69) is 0 Å². The lowest BCUT2D eigenvalue weighted by molar-refractivity contribution is -0.129. The summed E-state index contributed by atoms with van der Waals surface area (Å²) in [6.45, 7) is 2.10. The van der Waals surface area contributed by atoms with Crippen LogP contribution >= 0.6 is 0 Å². The van der Waals surface area contributed by atoms with Crippen LogP contribution in [0, 0.1) is 0 Å². The third kappa shape index (κ3) is 3.63. The number of aliphatic hydroxyl groups is 1. The highest BCUT2D eigenvalue weighted by molar-refractivity contribution is 5.73. The molecule has 1 rings (SSSR count). The van der Waals surface area contributed by atoms with Gasteiger partial charge in [-0.3, -0.25) is 4.79 Å². The maximum Gasteiger partial charge on any atom is 0.219 e. The molecule has 18 heavy (non-hydrogen) atoms. The predicted octanol–water partition coefficient (Wildman–Crippen LogP) is 1.04. The van der Waals surface area contributed by atoms with Crippen LogP contribution < -0.4 is 9.47 Å². The van der Waals surface area contributed by atoms with E-state index in [1.165, 1.54) is 6.92 Å². The topological polar surface area (TPSA) is 59.0 Å². The van der Waals surface area contributed by atoms with Crippen LogP contribution in [-0.4, -0.2) is 43.3 Å². The molecule has 0 radical (unpaired) electrons. The number of methoxy groups -OCH3 is 2. The quantitative estimate of drug-likeness (QED) is 0.823. The second-order valence-electron chi connectivity index (χ2n) is 3.84. The van der Waals surface area contributed by atoms with Crippen molar-refractivity contribution in [3.8, 4) is 11.5 Å². The van der Waals surface area contributed by atoms with Crippen molar-refractivity contribution >= 4 is 5.91 Å². The molecular weight excluding hydrogens is 234 g/mol. The van der Waals surface area contributed by atoms with E-state index in [9.17, 15) is 4.79 Å². The second kappa shape index (κ2) is 6.86. The van der Waals surface area contributed by atoms with Crippen molar-refractivity contribution in [3.63, 3.8) is 0 Å². The Labute approximate surface area is 107 Å². The second-order valence-corrected chi connectivity index (χ2v) is 3.84. The minimum Gasteiger partial charge on any atom is -0.497 e. The smallest absolute Gasteiger partial charge is 0.219 e. The SMILES string of the molecule is COc1ccc(OC)c(CN(CCO)C(C)=O)c1. The molecule has 100 valence electrons. The van der Waals surface area contributed by atoms with Gasteiger partial charge in [0.15, 0.2) is 0 Å². The average molecular weight is 253 g/mol. The molecule has 0 saturated carbocycles. The average Bonchev–Trinajstić information content (AvgIpc) is 2.37. The van der Waals surface area contributed by atoms with Gasteiger partial charge in [-0.05, 0) is 18.2 Å². The maximum absolute atomic E-state index is 11.4. The molecule has 0 aliphatic rings. The van der Waals surface area contributed by atoms with Crippen molar-refractivity contribution in [1.29, 1.82) is 0 Å². The summed E-state index contributed by atoms with van der Waals surface area (Å²) in [5, 5.41) is 8.94. The van der Waals surface area contributed by atoms with E-state index < -0.39 is 0 Å². The summed E-state index contributed by atoms with van der Waals surface area (Å²) in [5.74, 6) is 1.31. The fourth-order valence-corrected chi connectivity index (χ4v) is 1.68. The Morgan fingerprint density at radius 1 is 1.33 bits per heavy atom.